The van der Waals surface area contributed by atoms with Crippen LogP contribution in [0.25, 0.3) is 11.5 Å². The summed E-state index contributed by atoms with van der Waals surface area (Å²) >= 11 is 1.27. The van der Waals surface area contributed by atoms with Crippen molar-refractivity contribution < 1.29 is 9.53 Å². The minimum absolute atomic E-state index is 0.130. The van der Waals surface area contributed by atoms with E-state index in [1.807, 2.05) is 18.4 Å². The van der Waals surface area contributed by atoms with Crippen LogP contribution in [0.3, 0.4) is 0 Å². The van der Waals surface area contributed by atoms with Crippen LogP contribution in [0.2, 0.25) is 0 Å². The van der Waals surface area contributed by atoms with E-state index in [0.29, 0.717) is 23.2 Å². The quantitative estimate of drug-likeness (QED) is 0.438. The molecule has 2 aromatic heterocycles. The highest BCUT2D eigenvalue weighted by Crippen LogP contribution is 2.22. The van der Waals surface area contributed by atoms with Gasteiger partial charge in [-0.25, -0.2) is 4.98 Å². The van der Waals surface area contributed by atoms with Crippen molar-refractivity contribution in [3.05, 3.63) is 31.2 Å². The summed E-state index contributed by atoms with van der Waals surface area (Å²) < 4.78 is 6.94. The SMILES string of the molecule is C=CCn1c(SCC(=O)OC(C)C)nnc1-c1cnccn1. The maximum atomic E-state index is 11.6. The van der Waals surface area contributed by atoms with Gasteiger partial charge in [-0.1, -0.05) is 17.8 Å². The highest BCUT2D eigenvalue weighted by Gasteiger charge is 2.16. The molecule has 0 fully saturated rings. The molecule has 0 aliphatic heterocycles. The molecular formula is C14H17N5O2S. The molecule has 8 heteroatoms. The van der Waals surface area contributed by atoms with E-state index in [9.17, 15) is 4.79 Å². The van der Waals surface area contributed by atoms with Crippen LogP contribution in [0.1, 0.15) is 13.8 Å². The van der Waals surface area contributed by atoms with E-state index in [-0.39, 0.29) is 17.8 Å². The first kappa shape index (κ1) is 16.2. The van der Waals surface area contributed by atoms with Crippen molar-refractivity contribution in [3.63, 3.8) is 0 Å². The number of allylic oxidation sites excluding steroid dienone is 1. The molecule has 0 radical (unpaired) electrons. The Hall–Kier alpha value is -2.22. The number of ether oxygens (including phenoxy) is 1. The monoisotopic (exact) mass is 319 g/mol. The second kappa shape index (κ2) is 7.69. The van der Waals surface area contributed by atoms with Gasteiger partial charge < -0.3 is 4.74 Å². The summed E-state index contributed by atoms with van der Waals surface area (Å²) in [6.07, 6.45) is 6.41. The standard InChI is InChI=1S/C14H17N5O2S/c1-4-7-19-13(11-8-15-5-6-16-11)17-18-14(19)22-9-12(20)21-10(2)3/h4-6,8,10H,1,7,9H2,2-3H3. The maximum Gasteiger partial charge on any atom is 0.316 e. The lowest BCUT2D eigenvalue weighted by Crippen LogP contribution is -2.13. The van der Waals surface area contributed by atoms with E-state index >= 15 is 0 Å². The van der Waals surface area contributed by atoms with E-state index in [0.717, 1.165) is 0 Å². The molecule has 0 atom stereocenters. The number of carbonyl (C=O) groups excluding carboxylic acids is 1. The first-order valence-corrected chi connectivity index (χ1v) is 7.73. The Morgan fingerprint density at radius 1 is 1.45 bits per heavy atom. The van der Waals surface area contributed by atoms with E-state index < -0.39 is 0 Å². The smallest absolute Gasteiger partial charge is 0.316 e. The molecule has 0 spiro atoms. The fourth-order valence-corrected chi connectivity index (χ4v) is 2.44. The first-order chi connectivity index (χ1) is 10.6. The van der Waals surface area contributed by atoms with Gasteiger partial charge in [0.2, 0.25) is 0 Å². The van der Waals surface area contributed by atoms with E-state index in [2.05, 4.69) is 26.7 Å². The number of rotatable bonds is 7. The fourth-order valence-electron chi connectivity index (χ4n) is 1.71. The van der Waals surface area contributed by atoms with Crippen molar-refractivity contribution >= 4 is 17.7 Å². The van der Waals surface area contributed by atoms with Gasteiger partial charge in [0.25, 0.3) is 0 Å². The summed E-state index contributed by atoms with van der Waals surface area (Å²) in [5, 5.41) is 8.86. The highest BCUT2D eigenvalue weighted by molar-refractivity contribution is 7.99. The van der Waals surface area contributed by atoms with Crippen LogP contribution in [-0.2, 0) is 16.1 Å². The summed E-state index contributed by atoms with van der Waals surface area (Å²) in [7, 11) is 0. The molecular weight excluding hydrogens is 302 g/mol. The summed E-state index contributed by atoms with van der Waals surface area (Å²) in [6.45, 7) is 7.88. The zero-order valence-corrected chi connectivity index (χ0v) is 13.3. The average Bonchev–Trinajstić information content (AvgIpc) is 2.89. The van der Waals surface area contributed by atoms with Gasteiger partial charge in [-0.3, -0.25) is 14.3 Å². The number of esters is 1. The maximum absolute atomic E-state index is 11.6. The summed E-state index contributed by atoms with van der Waals surface area (Å²) in [5.41, 5.74) is 0.619. The third kappa shape index (κ3) is 4.14. The van der Waals surface area contributed by atoms with Crippen LogP contribution in [-0.4, -0.2) is 42.6 Å². The Labute approximate surface area is 132 Å². The van der Waals surface area contributed by atoms with E-state index in [1.54, 1.807) is 24.7 Å². The molecule has 22 heavy (non-hydrogen) atoms. The van der Waals surface area contributed by atoms with Crippen LogP contribution >= 0.6 is 11.8 Å². The molecule has 0 amide bonds. The molecule has 2 rings (SSSR count). The van der Waals surface area contributed by atoms with Gasteiger partial charge in [-0.05, 0) is 13.8 Å². The van der Waals surface area contributed by atoms with Gasteiger partial charge in [0, 0.05) is 18.9 Å². The fraction of sp³-hybridized carbons (Fsp3) is 0.357. The lowest BCUT2D eigenvalue weighted by Gasteiger charge is -2.08. The number of hydrogen-bond acceptors (Lipinski definition) is 7. The summed E-state index contributed by atoms with van der Waals surface area (Å²) in [6, 6.07) is 0. The van der Waals surface area contributed by atoms with Gasteiger partial charge in [0.05, 0.1) is 18.1 Å². The number of aromatic nitrogens is 5. The Morgan fingerprint density at radius 3 is 2.91 bits per heavy atom. The van der Waals surface area contributed by atoms with Crippen LogP contribution in [0, 0.1) is 0 Å². The molecule has 0 unspecified atom stereocenters. The summed E-state index contributed by atoms with van der Waals surface area (Å²) in [4.78, 5) is 19.9. The second-order valence-electron chi connectivity index (χ2n) is 4.62. The van der Waals surface area contributed by atoms with Crippen molar-refractivity contribution in [1.29, 1.82) is 0 Å². The minimum atomic E-state index is -0.283. The molecule has 116 valence electrons. The lowest BCUT2D eigenvalue weighted by atomic mass is 10.4. The molecule has 0 N–H and O–H groups in total. The Balaban J connectivity index is 2.17. The van der Waals surface area contributed by atoms with Crippen molar-refractivity contribution in [2.24, 2.45) is 0 Å². The molecule has 0 aliphatic carbocycles. The summed E-state index contributed by atoms with van der Waals surface area (Å²) in [5.74, 6) is 0.482. The van der Waals surface area contributed by atoms with E-state index in [4.69, 9.17) is 4.74 Å². The molecule has 0 bridgehead atoms. The normalized spacial score (nSPS) is 10.7. The predicted molar refractivity (Wildman–Crippen MR) is 83.2 cm³/mol. The van der Waals surface area contributed by atoms with Crippen molar-refractivity contribution in [1.82, 2.24) is 24.7 Å². The van der Waals surface area contributed by atoms with Crippen molar-refractivity contribution in [2.75, 3.05) is 5.75 Å². The number of hydrogen-bond donors (Lipinski definition) is 0. The zero-order chi connectivity index (χ0) is 15.9. The zero-order valence-electron chi connectivity index (χ0n) is 12.5. The molecule has 0 saturated carbocycles. The van der Waals surface area contributed by atoms with Crippen LogP contribution in [0.4, 0.5) is 0 Å². The van der Waals surface area contributed by atoms with Crippen LogP contribution in [0.5, 0.6) is 0 Å². The number of thioether (sulfide) groups is 1. The molecule has 0 aromatic carbocycles. The number of nitrogens with zero attached hydrogens (tertiary/aromatic N) is 5. The largest absolute Gasteiger partial charge is 0.462 e. The highest BCUT2D eigenvalue weighted by atomic mass is 32.2. The Bertz CT molecular complexity index is 642. The number of carbonyl (C=O) groups is 1. The molecule has 0 saturated heterocycles. The van der Waals surface area contributed by atoms with Crippen molar-refractivity contribution in [2.45, 2.75) is 31.7 Å². The molecule has 2 aromatic rings. The van der Waals surface area contributed by atoms with Gasteiger partial charge in [0.15, 0.2) is 11.0 Å². The van der Waals surface area contributed by atoms with Gasteiger partial charge in [-0.15, -0.1) is 16.8 Å². The lowest BCUT2D eigenvalue weighted by molar-refractivity contribution is -0.144. The minimum Gasteiger partial charge on any atom is -0.462 e. The predicted octanol–water partition coefficient (Wildman–Crippen LogP) is 1.96. The van der Waals surface area contributed by atoms with Crippen LogP contribution < -0.4 is 0 Å². The van der Waals surface area contributed by atoms with Crippen LogP contribution in [0.15, 0.2) is 36.4 Å². The third-order valence-corrected chi connectivity index (χ3v) is 3.45. The van der Waals surface area contributed by atoms with Crippen molar-refractivity contribution in [3.8, 4) is 11.5 Å². The first-order valence-electron chi connectivity index (χ1n) is 6.74. The van der Waals surface area contributed by atoms with Gasteiger partial charge in [-0.2, -0.15) is 0 Å². The van der Waals surface area contributed by atoms with E-state index in [1.165, 1.54) is 11.8 Å². The Kier molecular flexibility index (Phi) is 5.65. The topological polar surface area (TPSA) is 82.8 Å². The average molecular weight is 319 g/mol. The second-order valence-corrected chi connectivity index (χ2v) is 5.57. The van der Waals surface area contributed by atoms with Gasteiger partial charge in [0.1, 0.15) is 5.69 Å². The van der Waals surface area contributed by atoms with Gasteiger partial charge >= 0.3 is 5.97 Å². The molecule has 0 aliphatic rings. The third-order valence-electron chi connectivity index (χ3n) is 2.51. The molecule has 7 nitrogen and oxygen atoms in total. The molecule has 2 heterocycles. The Morgan fingerprint density at radius 2 is 2.27 bits per heavy atom.